The van der Waals surface area contributed by atoms with E-state index in [0.717, 1.165) is 22.3 Å². The third kappa shape index (κ3) is 5.26. The zero-order valence-electron chi connectivity index (χ0n) is 18.3. The van der Waals surface area contributed by atoms with Crippen LogP contribution in [0.3, 0.4) is 0 Å². The molecule has 0 spiro atoms. The van der Waals surface area contributed by atoms with Crippen LogP contribution < -0.4 is 10.6 Å². The monoisotopic (exact) mass is 440 g/mol. The number of carboxylic acids is 1. The number of alkyl carbamates (subject to hydrolysis) is 1. The summed E-state index contributed by atoms with van der Waals surface area (Å²) in [6, 6.07) is 16.0. The van der Waals surface area contributed by atoms with E-state index in [1.54, 1.807) is 0 Å². The van der Waals surface area contributed by atoms with E-state index in [0.29, 0.717) is 0 Å². The van der Waals surface area contributed by atoms with Crippen LogP contribution in [-0.2, 0) is 14.3 Å². The maximum Gasteiger partial charge on any atom is 0.408 e. The molecule has 4 N–H and O–H groups in total. The summed E-state index contributed by atoms with van der Waals surface area (Å²) in [7, 11) is 0. The molecule has 170 valence electrons. The third-order valence-electron chi connectivity index (χ3n) is 5.49. The van der Waals surface area contributed by atoms with Gasteiger partial charge in [-0.05, 0) is 43.0 Å². The predicted molar refractivity (Wildman–Crippen MR) is 118 cm³/mol. The summed E-state index contributed by atoms with van der Waals surface area (Å²) in [5, 5.41) is 23.9. The molecule has 0 saturated carbocycles. The van der Waals surface area contributed by atoms with Crippen molar-refractivity contribution < 1.29 is 29.3 Å². The Bertz CT molecular complexity index is 985. The Hall–Kier alpha value is -3.39. The maximum absolute atomic E-state index is 12.5. The van der Waals surface area contributed by atoms with E-state index < -0.39 is 35.5 Å². The van der Waals surface area contributed by atoms with Gasteiger partial charge >= 0.3 is 12.1 Å². The Morgan fingerprint density at radius 1 is 0.969 bits per heavy atom. The largest absolute Gasteiger partial charge is 0.481 e. The Balaban J connectivity index is 1.59. The molecule has 1 aliphatic carbocycles. The van der Waals surface area contributed by atoms with Crippen molar-refractivity contribution in [2.75, 3.05) is 13.2 Å². The van der Waals surface area contributed by atoms with Crippen molar-refractivity contribution in [2.24, 2.45) is 0 Å². The second-order valence-electron chi connectivity index (χ2n) is 8.83. The number of rotatable bonds is 8. The van der Waals surface area contributed by atoms with Crippen LogP contribution in [0.25, 0.3) is 11.1 Å². The molecule has 0 saturated heterocycles. The van der Waals surface area contributed by atoms with Crippen molar-refractivity contribution in [1.29, 1.82) is 0 Å². The predicted octanol–water partition coefficient (Wildman–Crippen LogP) is 2.65. The van der Waals surface area contributed by atoms with Crippen LogP contribution in [0.4, 0.5) is 4.79 Å². The number of nitrogens with one attached hydrogen (secondary N) is 2. The van der Waals surface area contributed by atoms with Gasteiger partial charge in [0.1, 0.15) is 12.1 Å². The minimum Gasteiger partial charge on any atom is -0.481 e. The Morgan fingerprint density at radius 2 is 1.50 bits per heavy atom. The summed E-state index contributed by atoms with van der Waals surface area (Å²) in [6.45, 7) is 4.15. The minimum absolute atomic E-state index is 0.101. The van der Waals surface area contributed by atoms with Crippen molar-refractivity contribution in [3.8, 4) is 11.1 Å². The zero-order valence-corrected chi connectivity index (χ0v) is 18.3. The number of fused-ring (bicyclic) bond motifs is 3. The van der Waals surface area contributed by atoms with Gasteiger partial charge in [0.15, 0.2) is 0 Å². The standard InChI is InChI=1S/C24H28N2O6/c1-23(2,21(29)25-14-24(3,31)12-20(27)28)26-22(30)32-13-19-17-10-6-4-8-15(17)16-9-5-7-11-18(16)19/h4-11,19,31H,12-14H2,1-3H3,(H,25,29)(H,26,30)(H,27,28). The first-order valence-corrected chi connectivity index (χ1v) is 10.4. The average Bonchev–Trinajstić information content (AvgIpc) is 3.03. The van der Waals surface area contributed by atoms with Gasteiger partial charge in [0, 0.05) is 12.5 Å². The lowest BCUT2D eigenvalue weighted by atomic mass is 9.98. The van der Waals surface area contributed by atoms with Gasteiger partial charge in [0.05, 0.1) is 12.0 Å². The van der Waals surface area contributed by atoms with Gasteiger partial charge in [0.2, 0.25) is 5.91 Å². The fraction of sp³-hybridized carbons (Fsp3) is 0.375. The molecule has 0 aromatic heterocycles. The van der Waals surface area contributed by atoms with Crippen LogP contribution >= 0.6 is 0 Å². The maximum atomic E-state index is 12.5. The Morgan fingerprint density at radius 3 is 2.03 bits per heavy atom. The highest BCUT2D eigenvalue weighted by atomic mass is 16.5. The van der Waals surface area contributed by atoms with Crippen molar-refractivity contribution in [1.82, 2.24) is 10.6 Å². The molecule has 0 radical (unpaired) electrons. The molecule has 0 heterocycles. The number of ether oxygens (including phenoxy) is 1. The van der Waals surface area contributed by atoms with Crippen molar-refractivity contribution in [3.05, 3.63) is 59.7 Å². The molecular formula is C24H28N2O6. The van der Waals surface area contributed by atoms with E-state index in [-0.39, 0.29) is 19.1 Å². The second-order valence-corrected chi connectivity index (χ2v) is 8.83. The minimum atomic E-state index is -1.61. The SMILES string of the molecule is CC(O)(CNC(=O)C(C)(C)NC(=O)OCC1c2ccccc2-c2ccccc21)CC(=O)O. The highest BCUT2D eigenvalue weighted by Gasteiger charge is 2.34. The van der Waals surface area contributed by atoms with Gasteiger partial charge in [0.25, 0.3) is 0 Å². The Labute approximate surface area is 186 Å². The number of carbonyl (C=O) groups excluding carboxylic acids is 2. The molecule has 3 rings (SSSR count). The molecule has 1 aliphatic rings. The van der Waals surface area contributed by atoms with Crippen molar-refractivity contribution >= 4 is 18.0 Å². The molecule has 1 atom stereocenters. The number of carbonyl (C=O) groups is 3. The first kappa shape index (κ1) is 23.3. The molecule has 2 aromatic carbocycles. The average molecular weight is 440 g/mol. The lowest BCUT2D eigenvalue weighted by molar-refractivity contribution is -0.142. The highest BCUT2D eigenvalue weighted by Crippen LogP contribution is 2.44. The van der Waals surface area contributed by atoms with E-state index in [2.05, 4.69) is 10.6 Å². The first-order chi connectivity index (χ1) is 15.0. The summed E-state index contributed by atoms with van der Waals surface area (Å²) < 4.78 is 5.47. The summed E-state index contributed by atoms with van der Waals surface area (Å²) in [5.41, 5.74) is 1.46. The van der Waals surface area contributed by atoms with E-state index in [1.807, 2.05) is 48.5 Å². The molecule has 1 unspecified atom stereocenters. The fourth-order valence-electron chi connectivity index (χ4n) is 3.83. The summed E-state index contributed by atoms with van der Waals surface area (Å²) in [4.78, 5) is 35.7. The van der Waals surface area contributed by atoms with E-state index in [9.17, 15) is 19.5 Å². The van der Waals surface area contributed by atoms with Gasteiger partial charge in [-0.3, -0.25) is 9.59 Å². The van der Waals surface area contributed by atoms with Crippen LogP contribution in [0.5, 0.6) is 0 Å². The van der Waals surface area contributed by atoms with Gasteiger partial charge < -0.3 is 25.6 Å². The fourth-order valence-corrected chi connectivity index (χ4v) is 3.83. The number of benzene rings is 2. The topological polar surface area (TPSA) is 125 Å². The summed E-state index contributed by atoms with van der Waals surface area (Å²) >= 11 is 0. The summed E-state index contributed by atoms with van der Waals surface area (Å²) in [6.07, 6.45) is -1.27. The normalized spacial score (nSPS) is 14.6. The van der Waals surface area contributed by atoms with Gasteiger partial charge in [-0.15, -0.1) is 0 Å². The molecule has 0 fully saturated rings. The number of hydrogen-bond acceptors (Lipinski definition) is 5. The van der Waals surface area contributed by atoms with E-state index in [4.69, 9.17) is 9.84 Å². The van der Waals surface area contributed by atoms with E-state index >= 15 is 0 Å². The second kappa shape index (κ2) is 9.00. The van der Waals surface area contributed by atoms with Crippen LogP contribution in [0.1, 0.15) is 44.2 Å². The lowest BCUT2D eigenvalue weighted by Gasteiger charge is -2.28. The summed E-state index contributed by atoms with van der Waals surface area (Å²) in [5.74, 6) is -1.85. The smallest absolute Gasteiger partial charge is 0.408 e. The highest BCUT2D eigenvalue weighted by molar-refractivity contribution is 5.89. The molecular weight excluding hydrogens is 412 g/mol. The number of hydrogen-bond donors (Lipinski definition) is 4. The molecule has 2 amide bonds. The van der Waals surface area contributed by atoms with Crippen LogP contribution in [0, 0.1) is 0 Å². The van der Waals surface area contributed by atoms with Crippen molar-refractivity contribution in [2.45, 2.75) is 44.2 Å². The quantitative estimate of drug-likeness (QED) is 0.500. The number of carboxylic acid groups (broad SMARTS) is 1. The van der Waals surface area contributed by atoms with E-state index in [1.165, 1.54) is 20.8 Å². The molecule has 8 nitrogen and oxygen atoms in total. The first-order valence-electron chi connectivity index (χ1n) is 10.4. The third-order valence-corrected chi connectivity index (χ3v) is 5.49. The van der Waals surface area contributed by atoms with Crippen LogP contribution in [0.2, 0.25) is 0 Å². The zero-order chi connectivity index (χ0) is 23.5. The van der Waals surface area contributed by atoms with Crippen molar-refractivity contribution in [3.63, 3.8) is 0 Å². The Kier molecular flexibility index (Phi) is 6.55. The van der Waals surface area contributed by atoms with Crippen LogP contribution in [-0.4, -0.2) is 52.5 Å². The van der Waals surface area contributed by atoms with Gasteiger partial charge in [-0.2, -0.15) is 0 Å². The van der Waals surface area contributed by atoms with Gasteiger partial charge in [-0.1, -0.05) is 48.5 Å². The van der Waals surface area contributed by atoms with Gasteiger partial charge in [-0.25, -0.2) is 4.79 Å². The number of amides is 2. The molecule has 8 heteroatoms. The molecule has 2 aromatic rings. The van der Waals surface area contributed by atoms with Crippen LogP contribution in [0.15, 0.2) is 48.5 Å². The number of aliphatic carboxylic acids is 1. The molecule has 32 heavy (non-hydrogen) atoms. The lowest BCUT2D eigenvalue weighted by Crippen LogP contribution is -2.57. The number of aliphatic hydroxyl groups is 1. The molecule has 0 bridgehead atoms. The molecule has 0 aliphatic heterocycles.